The number of alkyl halides is 3. The molecule has 8 heteroatoms. The monoisotopic (exact) mass is 298 g/mol. The lowest BCUT2D eigenvalue weighted by molar-refractivity contribution is -0.384. The topological polar surface area (TPSA) is 78.4 Å². The van der Waals surface area contributed by atoms with Crippen LogP contribution in [0.25, 0.3) is 0 Å². The van der Waals surface area contributed by atoms with Crippen molar-refractivity contribution in [3.05, 3.63) is 58.1 Å². The molecule has 0 saturated heterocycles. The molecule has 0 amide bonds. The Labute approximate surface area is 116 Å². The van der Waals surface area contributed by atoms with E-state index in [0.29, 0.717) is 0 Å². The van der Waals surface area contributed by atoms with Crippen molar-refractivity contribution in [1.29, 1.82) is 0 Å². The number of hydrogen-bond acceptors (Lipinski definition) is 4. The second kappa shape index (κ2) is 5.31. The van der Waals surface area contributed by atoms with E-state index < -0.39 is 28.1 Å². The van der Waals surface area contributed by atoms with E-state index in [9.17, 15) is 23.3 Å². The first-order valence-corrected chi connectivity index (χ1v) is 5.67. The molecule has 0 aliphatic rings. The maximum absolute atomic E-state index is 12.9. The number of ether oxygens (including phenoxy) is 1. The van der Waals surface area contributed by atoms with Crippen LogP contribution in [0.5, 0.6) is 11.5 Å². The summed E-state index contributed by atoms with van der Waals surface area (Å²) in [7, 11) is 0. The fourth-order valence-corrected chi connectivity index (χ4v) is 1.73. The minimum atomic E-state index is -4.63. The number of nitrogens with zero attached hydrogens (tertiary/aromatic N) is 1. The molecule has 0 aliphatic carbocycles. The third-order valence-electron chi connectivity index (χ3n) is 2.63. The van der Waals surface area contributed by atoms with E-state index in [4.69, 9.17) is 10.5 Å². The molecule has 0 radical (unpaired) electrons. The fourth-order valence-electron chi connectivity index (χ4n) is 1.73. The average Bonchev–Trinajstić information content (AvgIpc) is 2.37. The molecule has 2 aromatic carbocycles. The van der Waals surface area contributed by atoms with Crippen LogP contribution in [-0.4, -0.2) is 4.92 Å². The van der Waals surface area contributed by atoms with Crippen LogP contribution in [0.1, 0.15) is 5.56 Å². The zero-order valence-electron chi connectivity index (χ0n) is 10.4. The van der Waals surface area contributed by atoms with Gasteiger partial charge in [0.2, 0.25) is 5.75 Å². The molecule has 0 aromatic heterocycles. The normalized spacial score (nSPS) is 11.2. The van der Waals surface area contributed by atoms with Gasteiger partial charge in [-0.05, 0) is 24.3 Å². The Morgan fingerprint density at radius 1 is 1.05 bits per heavy atom. The highest BCUT2D eigenvalue weighted by Crippen LogP contribution is 2.41. The van der Waals surface area contributed by atoms with E-state index in [0.717, 1.165) is 12.1 Å². The molecule has 0 spiro atoms. The number of nitro benzene ring substituents is 1. The number of hydrogen-bond donors (Lipinski definition) is 1. The minimum absolute atomic E-state index is 0.193. The largest absolute Gasteiger partial charge is 0.449 e. The Bertz CT molecular complexity index is 687. The lowest BCUT2D eigenvalue weighted by atomic mass is 10.2. The molecule has 2 rings (SSSR count). The van der Waals surface area contributed by atoms with Gasteiger partial charge in [-0.2, -0.15) is 13.2 Å². The van der Waals surface area contributed by atoms with Gasteiger partial charge in [-0.25, -0.2) is 0 Å². The van der Waals surface area contributed by atoms with Crippen molar-refractivity contribution >= 4 is 11.4 Å². The molecule has 0 atom stereocenters. The lowest BCUT2D eigenvalue weighted by Crippen LogP contribution is -2.07. The summed E-state index contributed by atoms with van der Waals surface area (Å²) in [6.07, 6.45) is -4.63. The van der Waals surface area contributed by atoms with E-state index >= 15 is 0 Å². The summed E-state index contributed by atoms with van der Waals surface area (Å²) in [6, 6.07) is 8.24. The van der Waals surface area contributed by atoms with Gasteiger partial charge in [0, 0.05) is 0 Å². The lowest BCUT2D eigenvalue weighted by Gasteiger charge is -2.13. The third-order valence-corrected chi connectivity index (χ3v) is 2.63. The highest BCUT2D eigenvalue weighted by atomic mass is 19.4. The summed E-state index contributed by atoms with van der Waals surface area (Å²) in [6.45, 7) is 0. The maximum Gasteiger partial charge on any atom is 0.419 e. The number of para-hydroxylation sites is 2. The van der Waals surface area contributed by atoms with Crippen molar-refractivity contribution in [2.45, 2.75) is 6.18 Å². The fraction of sp³-hybridized carbons (Fsp3) is 0.0769. The predicted molar refractivity (Wildman–Crippen MR) is 69.0 cm³/mol. The summed E-state index contributed by atoms with van der Waals surface area (Å²) in [4.78, 5) is 10.1. The van der Waals surface area contributed by atoms with Crippen LogP contribution >= 0.6 is 0 Å². The van der Waals surface area contributed by atoms with Gasteiger partial charge >= 0.3 is 11.9 Å². The molecular weight excluding hydrogens is 289 g/mol. The Morgan fingerprint density at radius 2 is 1.67 bits per heavy atom. The first-order valence-electron chi connectivity index (χ1n) is 5.67. The molecule has 0 fully saturated rings. The van der Waals surface area contributed by atoms with Crippen molar-refractivity contribution in [3.63, 3.8) is 0 Å². The molecule has 0 saturated carbocycles. The van der Waals surface area contributed by atoms with Gasteiger partial charge in [0.25, 0.3) is 0 Å². The zero-order valence-corrected chi connectivity index (χ0v) is 10.4. The highest BCUT2D eigenvalue weighted by Gasteiger charge is 2.34. The van der Waals surface area contributed by atoms with Crippen LogP contribution in [0.3, 0.4) is 0 Å². The quantitative estimate of drug-likeness (QED) is 0.528. The summed E-state index contributed by atoms with van der Waals surface area (Å²) in [5.74, 6) is -0.879. The smallest absolute Gasteiger partial charge is 0.419 e. The van der Waals surface area contributed by atoms with Crippen LogP contribution in [0, 0.1) is 10.1 Å². The number of nitrogen functional groups attached to an aromatic ring is 1. The number of rotatable bonds is 3. The molecule has 0 unspecified atom stereocenters. The molecule has 110 valence electrons. The Kier molecular flexibility index (Phi) is 3.70. The van der Waals surface area contributed by atoms with E-state index in [1.807, 2.05) is 0 Å². The molecular formula is C13H9F3N2O3. The number of anilines is 1. The first kappa shape index (κ1) is 14.6. The Hall–Kier alpha value is -2.77. The summed E-state index contributed by atoms with van der Waals surface area (Å²) in [5, 5.41) is 10.9. The van der Waals surface area contributed by atoms with E-state index in [-0.39, 0.29) is 11.4 Å². The molecule has 21 heavy (non-hydrogen) atoms. The standard InChI is InChI=1S/C13H9F3N2O3/c14-13(15,16)8-4-1-2-6-10(8)21-11-7-3-5-9(17)12(11)18(19)20/h1-7H,17H2. The second-order valence-corrected chi connectivity index (χ2v) is 4.05. The molecule has 0 bridgehead atoms. The van der Waals surface area contributed by atoms with Gasteiger partial charge in [0.1, 0.15) is 11.4 Å². The molecule has 0 heterocycles. The van der Waals surface area contributed by atoms with Gasteiger partial charge in [0.15, 0.2) is 0 Å². The van der Waals surface area contributed by atoms with Crippen molar-refractivity contribution in [1.82, 2.24) is 0 Å². The van der Waals surface area contributed by atoms with Crippen LogP contribution < -0.4 is 10.5 Å². The third kappa shape index (κ3) is 3.04. The van der Waals surface area contributed by atoms with Gasteiger partial charge < -0.3 is 10.5 Å². The van der Waals surface area contributed by atoms with E-state index in [2.05, 4.69) is 0 Å². The number of nitrogens with two attached hydrogens (primary N) is 1. The first-order chi connectivity index (χ1) is 9.80. The van der Waals surface area contributed by atoms with Gasteiger partial charge in [-0.1, -0.05) is 18.2 Å². The van der Waals surface area contributed by atoms with Gasteiger partial charge in [-0.3, -0.25) is 10.1 Å². The van der Waals surface area contributed by atoms with Crippen LogP contribution in [0.2, 0.25) is 0 Å². The van der Waals surface area contributed by atoms with Crippen LogP contribution in [-0.2, 0) is 6.18 Å². The van der Waals surface area contributed by atoms with Crippen molar-refractivity contribution < 1.29 is 22.8 Å². The number of nitro groups is 1. The zero-order chi connectivity index (χ0) is 15.6. The Balaban J connectivity index is 2.50. The highest BCUT2D eigenvalue weighted by molar-refractivity contribution is 5.66. The molecule has 2 aromatic rings. The SMILES string of the molecule is Nc1cccc(Oc2ccccc2C(F)(F)F)c1[N+](=O)[O-]. The van der Waals surface area contributed by atoms with Crippen LogP contribution in [0.4, 0.5) is 24.5 Å². The summed E-state index contributed by atoms with van der Waals surface area (Å²) in [5.41, 5.74) is 3.66. The predicted octanol–water partition coefficient (Wildman–Crippen LogP) is 3.99. The van der Waals surface area contributed by atoms with E-state index in [1.165, 1.54) is 30.3 Å². The van der Waals surface area contributed by atoms with E-state index in [1.54, 1.807) is 0 Å². The van der Waals surface area contributed by atoms with Gasteiger partial charge in [-0.15, -0.1) is 0 Å². The summed E-state index contributed by atoms with van der Waals surface area (Å²) < 4.78 is 43.6. The molecule has 0 aliphatic heterocycles. The van der Waals surface area contributed by atoms with Crippen molar-refractivity contribution in [3.8, 4) is 11.5 Å². The Morgan fingerprint density at radius 3 is 2.29 bits per heavy atom. The van der Waals surface area contributed by atoms with Gasteiger partial charge in [0.05, 0.1) is 10.5 Å². The maximum atomic E-state index is 12.9. The minimum Gasteiger partial charge on any atom is -0.449 e. The molecule has 5 nitrogen and oxygen atoms in total. The molecule has 2 N–H and O–H groups in total. The van der Waals surface area contributed by atoms with Crippen LogP contribution in [0.15, 0.2) is 42.5 Å². The second-order valence-electron chi connectivity index (χ2n) is 4.05. The average molecular weight is 298 g/mol. The number of benzene rings is 2. The summed E-state index contributed by atoms with van der Waals surface area (Å²) >= 11 is 0. The number of halogens is 3. The van der Waals surface area contributed by atoms with Crippen molar-refractivity contribution in [2.75, 3.05) is 5.73 Å². The van der Waals surface area contributed by atoms with Crippen molar-refractivity contribution in [2.24, 2.45) is 0 Å².